The minimum absolute atomic E-state index is 0.578. The maximum atomic E-state index is 11.3. The monoisotopic (exact) mass is 516 g/mol. The van der Waals surface area contributed by atoms with E-state index in [9.17, 15) is 5.11 Å². The lowest BCUT2D eigenvalue weighted by atomic mass is 10.1. The maximum Gasteiger partial charge on any atom is 0.138 e. The molecule has 0 spiro atoms. The summed E-state index contributed by atoms with van der Waals surface area (Å²) in [5, 5.41) is 11.3. The molecule has 2 aromatic heterocycles. The molecule has 28 heavy (non-hydrogen) atoms. The van der Waals surface area contributed by atoms with Crippen LogP contribution in [0.2, 0.25) is 38.8 Å². The number of rotatable bonds is 9. The zero-order valence-corrected chi connectivity index (χ0v) is 24.1. The van der Waals surface area contributed by atoms with Gasteiger partial charge in [0.15, 0.2) is 0 Å². The molecule has 0 aliphatic carbocycles. The van der Waals surface area contributed by atoms with Crippen LogP contribution in [0.5, 0.6) is 5.75 Å². The summed E-state index contributed by atoms with van der Waals surface area (Å²) in [6.07, 6.45) is 6.01. The van der Waals surface area contributed by atoms with Crippen molar-refractivity contribution < 1.29 is 5.11 Å². The smallest absolute Gasteiger partial charge is 0.138 e. The number of thiophene rings is 2. The van der Waals surface area contributed by atoms with Crippen LogP contribution in [0.4, 0.5) is 0 Å². The normalized spacial score (nSPS) is 12.8. The average molecular weight is 518 g/mol. The van der Waals surface area contributed by atoms with Crippen molar-refractivity contribution in [3.8, 4) is 15.5 Å². The molecule has 0 unspecified atom stereocenters. The summed E-state index contributed by atoms with van der Waals surface area (Å²) in [7, 11) is -2.91. The minimum Gasteiger partial charge on any atom is -0.506 e. The molecule has 0 amide bonds. The third-order valence-corrected chi connectivity index (χ3v) is 18.4. The van der Waals surface area contributed by atoms with E-state index in [0.29, 0.717) is 5.75 Å². The minimum atomic E-state index is -1.51. The second kappa shape index (κ2) is 9.50. The summed E-state index contributed by atoms with van der Waals surface area (Å²) in [5.41, 5.74) is 2.65. The van der Waals surface area contributed by atoms with Crippen molar-refractivity contribution in [2.75, 3.05) is 0 Å². The molecule has 1 nitrogen and oxygen atoms in total. The molecule has 0 aliphatic rings. The van der Waals surface area contributed by atoms with Gasteiger partial charge in [-0.1, -0.05) is 71.9 Å². The molecule has 0 radical (unpaired) electrons. The summed E-state index contributed by atoms with van der Waals surface area (Å²) < 4.78 is 4.26. The van der Waals surface area contributed by atoms with Crippen molar-refractivity contribution in [3.05, 3.63) is 15.6 Å². The number of hydrogen-bond donors (Lipinski definition) is 1. The van der Waals surface area contributed by atoms with Crippen LogP contribution in [-0.4, -0.2) is 21.3 Å². The van der Waals surface area contributed by atoms with Crippen molar-refractivity contribution in [2.45, 2.75) is 91.7 Å². The van der Waals surface area contributed by atoms with Gasteiger partial charge in [-0.3, -0.25) is 0 Å². The molecule has 0 saturated carbocycles. The average Bonchev–Trinajstić information content (AvgIpc) is 3.10. The van der Waals surface area contributed by atoms with E-state index < -0.39 is 16.1 Å². The highest BCUT2D eigenvalue weighted by atomic mass is 79.9. The lowest BCUT2D eigenvalue weighted by molar-refractivity contribution is 0.471. The predicted molar refractivity (Wildman–Crippen MR) is 140 cm³/mol. The van der Waals surface area contributed by atoms with Crippen LogP contribution >= 0.6 is 38.6 Å². The molecular weight excluding hydrogens is 480 g/mol. The van der Waals surface area contributed by atoms with E-state index in [1.165, 1.54) is 56.7 Å². The fourth-order valence-corrected chi connectivity index (χ4v) is 12.8. The summed E-state index contributed by atoms with van der Waals surface area (Å²) in [4.78, 5) is 2.36. The van der Waals surface area contributed by atoms with E-state index in [1.807, 2.05) is 22.7 Å². The highest BCUT2D eigenvalue weighted by Gasteiger charge is 2.33. The number of halogens is 1. The molecule has 0 fully saturated rings. The summed E-state index contributed by atoms with van der Waals surface area (Å²) in [5.74, 6) is 0.578. The van der Waals surface area contributed by atoms with Gasteiger partial charge in [-0.25, -0.2) is 0 Å². The molecule has 6 heteroatoms. The zero-order valence-electron chi connectivity index (χ0n) is 18.9. The van der Waals surface area contributed by atoms with Crippen LogP contribution in [0.15, 0.2) is 4.47 Å². The van der Waals surface area contributed by atoms with E-state index in [4.69, 9.17) is 0 Å². The van der Waals surface area contributed by atoms with Gasteiger partial charge in [-0.15, -0.1) is 22.7 Å². The van der Waals surface area contributed by atoms with Crippen LogP contribution in [0.25, 0.3) is 9.75 Å². The van der Waals surface area contributed by atoms with Crippen molar-refractivity contribution in [1.82, 2.24) is 0 Å². The third-order valence-electron chi connectivity index (χ3n) is 5.72. The first-order valence-corrected chi connectivity index (χ1v) is 19.7. The maximum absolute atomic E-state index is 11.3. The van der Waals surface area contributed by atoms with E-state index in [-0.39, 0.29) is 0 Å². The van der Waals surface area contributed by atoms with Crippen LogP contribution in [0.1, 0.15) is 50.7 Å². The Labute approximate surface area is 190 Å². The Bertz CT molecular complexity index is 816. The molecule has 0 atom stereocenters. The topological polar surface area (TPSA) is 20.2 Å². The van der Waals surface area contributed by atoms with Crippen molar-refractivity contribution in [2.24, 2.45) is 0 Å². The molecule has 0 aromatic carbocycles. The molecule has 1 N–H and O–H groups in total. The van der Waals surface area contributed by atoms with Gasteiger partial charge in [0.25, 0.3) is 0 Å². The first-order chi connectivity index (χ1) is 13.0. The van der Waals surface area contributed by atoms with E-state index in [1.54, 1.807) is 4.50 Å². The predicted octanol–water partition coefficient (Wildman–Crippen LogP) is 7.86. The molecule has 2 rings (SSSR count). The Morgan fingerprint density at radius 1 is 0.893 bits per heavy atom. The standard InChI is InChI=1S/C22H37BrOS2Si2/c1-9-11-12-13-14-16-18(24)20(26-22(16)28(7,8)10-2)19-17(23)15(3)21(25-19)27(4,5)6/h24H,9-14H2,1-8H3. The van der Waals surface area contributed by atoms with E-state index in [2.05, 4.69) is 69.4 Å². The van der Waals surface area contributed by atoms with Gasteiger partial charge in [0, 0.05) is 10.0 Å². The highest BCUT2D eigenvalue weighted by molar-refractivity contribution is 9.10. The summed E-state index contributed by atoms with van der Waals surface area (Å²) in [6, 6.07) is 1.22. The Kier molecular flexibility index (Phi) is 8.27. The van der Waals surface area contributed by atoms with E-state index in [0.717, 1.165) is 11.3 Å². The zero-order chi connectivity index (χ0) is 21.3. The van der Waals surface area contributed by atoms with Gasteiger partial charge >= 0.3 is 0 Å². The van der Waals surface area contributed by atoms with Gasteiger partial charge in [0.05, 0.1) is 25.9 Å². The molecule has 158 valence electrons. The quantitative estimate of drug-likeness (QED) is 0.265. The van der Waals surface area contributed by atoms with Crippen molar-refractivity contribution >= 4 is 63.8 Å². The first-order valence-electron chi connectivity index (χ1n) is 10.6. The molecule has 0 bridgehead atoms. The molecule has 2 aromatic rings. The second-order valence-electron chi connectivity index (χ2n) is 9.58. The first kappa shape index (κ1) is 24.4. The van der Waals surface area contributed by atoms with Gasteiger partial charge in [-0.2, -0.15) is 0 Å². The molecular formula is C22H37BrOS2Si2. The van der Waals surface area contributed by atoms with Crippen LogP contribution in [0, 0.1) is 6.92 Å². The Balaban J connectivity index is 2.57. The van der Waals surface area contributed by atoms with Gasteiger partial charge < -0.3 is 5.11 Å². The molecule has 0 saturated heterocycles. The Morgan fingerprint density at radius 3 is 2.00 bits per heavy atom. The number of hydrogen-bond acceptors (Lipinski definition) is 3. The van der Waals surface area contributed by atoms with Gasteiger partial charge in [-0.05, 0) is 50.3 Å². The highest BCUT2D eigenvalue weighted by Crippen LogP contribution is 2.46. The molecule has 0 aliphatic heterocycles. The Morgan fingerprint density at radius 2 is 1.50 bits per heavy atom. The van der Waals surface area contributed by atoms with Gasteiger partial charge in [0.1, 0.15) is 5.75 Å². The van der Waals surface area contributed by atoms with Crippen molar-refractivity contribution in [3.63, 3.8) is 0 Å². The lowest BCUT2D eigenvalue weighted by Gasteiger charge is -2.20. The summed E-state index contributed by atoms with van der Waals surface area (Å²) >= 11 is 7.68. The van der Waals surface area contributed by atoms with Crippen LogP contribution in [-0.2, 0) is 6.42 Å². The SMILES string of the molecule is CCCCCCc1c([Si](C)(C)CC)sc(-c2sc([Si](C)(C)C)c(C)c2Br)c1O. The fraction of sp³-hybridized carbons (Fsp3) is 0.636. The van der Waals surface area contributed by atoms with E-state index >= 15 is 0 Å². The summed E-state index contributed by atoms with van der Waals surface area (Å²) in [6.45, 7) is 19.0. The third kappa shape index (κ3) is 5.05. The Hall–Kier alpha value is 0.114. The molecule has 2 heterocycles. The van der Waals surface area contributed by atoms with Crippen LogP contribution in [0.3, 0.4) is 0 Å². The second-order valence-corrected chi connectivity index (χ2v) is 23.1. The number of unbranched alkanes of at least 4 members (excludes halogenated alkanes) is 3. The fourth-order valence-electron chi connectivity index (χ4n) is 3.63. The lowest BCUT2D eigenvalue weighted by Crippen LogP contribution is -2.40. The van der Waals surface area contributed by atoms with Crippen LogP contribution < -0.4 is 9.00 Å². The largest absolute Gasteiger partial charge is 0.506 e. The van der Waals surface area contributed by atoms with Gasteiger partial charge in [0.2, 0.25) is 0 Å². The van der Waals surface area contributed by atoms with Crippen molar-refractivity contribution in [1.29, 1.82) is 0 Å². The number of aromatic hydroxyl groups is 1.